The number of benzene rings is 1. The second-order valence-corrected chi connectivity index (χ2v) is 4.63. The van der Waals surface area contributed by atoms with Crippen LogP contribution in [0, 0.1) is 17.1 Å². The third-order valence-electron chi connectivity index (χ3n) is 2.54. The molecule has 7 heteroatoms. The summed E-state index contributed by atoms with van der Waals surface area (Å²) in [7, 11) is 3.53. The highest BCUT2D eigenvalue weighted by Crippen LogP contribution is 2.17. The zero-order valence-corrected chi connectivity index (χ0v) is 12.2. The number of halogens is 1. The zero-order chi connectivity index (χ0) is 15.9. The summed E-state index contributed by atoms with van der Waals surface area (Å²) < 4.78 is 18.9. The molecule has 0 atom stereocenters. The van der Waals surface area contributed by atoms with Crippen LogP contribution in [0.5, 0.6) is 6.01 Å². The third kappa shape index (κ3) is 4.24. The van der Waals surface area contributed by atoms with Gasteiger partial charge in [0.1, 0.15) is 6.61 Å². The van der Waals surface area contributed by atoms with E-state index in [1.165, 1.54) is 6.34 Å². The minimum atomic E-state index is -0.628. The average Bonchev–Trinajstić information content (AvgIpc) is 2.53. The molecule has 0 spiro atoms. The van der Waals surface area contributed by atoms with E-state index in [9.17, 15) is 4.39 Å². The SMILES string of the molecule is CN(C)/C=N/c1nc(OCc2cccc(C#N)c2)ncc1F. The van der Waals surface area contributed by atoms with Crippen LogP contribution in [0.25, 0.3) is 0 Å². The molecule has 1 aromatic carbocycles. The minimum Gasteiger partial charge on any atom is -0.459 e. The molecular weight excluding hydrogens is 285 g/mol. The van der Waals surface area contributed by atoms with E-state index in [1.807, 2.05) is 12.1 Å². The van der Waals surface area contributed by atoms with Crippen LogP contribution in [-0.4, -0.2) is 35.3 Å². The van der Waals surface area contributed by atoms with Crippen LogP contribution in [0.15, 0.2) is 35.5 Å². The highest BCUT2D eigenvalue weighted by atomic mass is 19.1. The van der Waals surface area contributed by atoms with Crippen molar-refractivity contribution < 1.29 is 9.13 Å². The van der Waals surface area contributed by atoms with Crippen molar-refractivity contribution in [3.05, 3.63) is 47.4 Å². The van der Waals surface area contributed by atoms with Crippen molar-refractivity contribution >= 4 is 12.2 Å². The predicted molar refractivity (Wildman–Crippen MR) is 79.3 cm³/mol. The molecule has 0 aliphatic heterocycles. The summed E-state index contributed by atoms with van der Waals surface area (Å²) in [5, 5.41) is 8.84. The summed E-state index contributed by atoms with van der Waals surface area (Å²) in [6.07, 6.45) is 2.45. The average molecular weight is 299 g/mol. The van der Waals surface area contributed by atoms with Gasteiger partial charge in [0.25, 0.3) is 0 Å². The summed E-state index contributed by atoms with van der Waals surface area (Å²) in [5.74, 6) is -0.721. The second kappa shape index (κ2) is 7.13. The molecule has 0 N–H and O–H groups in total. The lowest BCUT2D eigenvalue weighted by molar-refractivity contribution is 0.279. The summed E-state index contributed by atoms with van der Waals surface area (Å²) >= 11 is 0. The van der Waals surface area contributed by atoms with Crippen molar-refractivity contribution in [2.45, 2.75) is 6.61 Å². The number of hydrogen-bond acceptors (Lipinski definition) is 5. The molecule has 0 radical (unpaired) electrons. The molecule has 0 aliphatic rings. The van der Waals surface area contributed by atoms with Gasteiger partial charge in [0, 0.05) is 14.1 Å². The second-order valence-electron chi connectivity index (χ2n) is 4.63. The van der Waals surface area contributed by atoms with Crippen molar-refractivity contribution in [2.24, 2.45) is 4.99 Å². The van der Waals surface area contributed by atoms with Gasteiger partial charge >= 0.3 is 6.01 Å². The molecule has 0 amide bonds. The third-order valence-corrected chi connectivity index (χ3v) is 2.54. The molecule has 0 bridgehead atoms. The Kier molecular flexibility index (Phi) is 4.98. The molecule has 0 fully saturated rings. The van der Waals surface area contributed by atoms with Crippen molar-refractivity contribution in [3.8, 4) is 12.1 Å². The maximum absolute atomic E-state index is 13.5. The van der Waals surface area contributed by atoms with Gasteiger partial charge < -0.3 is 9.64 Å². The van der Waals surface area contributed by atoms with Crippen LogP contribution in [0.4, 0.5) is 10.2 Å². The lowest BCUT2D eigenvalue weighted by atomic mass is 10.1. The van der Waals surface area contributed by atoms with Crippen LogP contribution >= 0.6 is 0 Å². The van der Waals surface area contributed by atoms with Crippen LogP contribution < -0.4 is 4.74 Å². The van der Waals surface area contributed by atoms with E-state index < -0.39 is 5.82 Å². The standard InChI is InChI=1S/C15H14FN5O/c1-21(2)10-19-14-13(16)8-18-15(20-14)22-9-12-5-3-4-11(6-12)7-17/h3-6,8,10H,9H2,1-2H3/b19-10+. The topological polar surface area (TPSA) is 74.4 Å². The molecule has 0 aliphatic carbocycles. The molecule has 1 aromatic heterocycles. The van der Waals surface area contributed by atoms with Gasteiger partial charge in [-0.05, 0) is 17.7 Å². The van der Waals surface area contributed by atoms with Crippen molar-refractivity contribution in [3.63, 3.8) is 0 Å². The van der Waals surface area contributed by atoms with Gasteiger partial charge in [-0.3, -0.25) is 0 Å². The fraction of sp³-hybridized carbons (Fsp3) is 0.200. The zero-order valence-electron chi connectivity index (χ0n) is 12.2. The van der Waals surface area contributed by atoms with Crippen LogP contribution in [0.2, 0.25) is 0 Å². The first-order valence-electron chi connectivity index (χ1n) is 6.43. The van der Waals surface area contributed by atoms with Gasteiger partial charge in [0.2, 0.25) is 0 Å². The van der Waals surface area contributed by atoms with Gasteiger partial charge in [-0.1, -0.05) is 12.1 Å². The molecule has 112 valence electrons. The first-order chi connectivity index (χ1) is 10.6. The van der Waals surface area contributed by atoms with Gasteiger partial charge in [-0.2, -0.15) is 10.2 Å². The van der Waals surface area contributed by atoms with Crippen molar-refractivity contribution in [2.75, 3.05) is 14.1 Å². The smallest absolute Gasteiger partial charge is 0.318 e. The molecule has 22 heavy (non-hydrogen) atoms. The minimum absolute atomic E-state index is 0.0228. The molecule has 1 heterocycles. The van der Waals surface area contributed by atoms with Crippen LogP contribution in [-0.2, 0) is 6.61 Å². The van der Waals surface area contributed by atoms with E-state index >= 15 is 0 Å². The Balaban J connectivity index is 2.10. The lowest BCUT2D eigenvalue weighted by Gasteiger charge is -2.06. The number of rotatable bonds is 5. The molecule has 2 rings (SSSR count). The first kappa shape index (κ1) is 15.4. The van der Waals surface area contributed by atoms with Crippen molar-refractivity contribution in [1.29, 1.82) is 5.26 Å². The number of nitriles is 1. The summed E-state index contributed by atoms with van der Waals surface area (Å²) in [4.78, 5) is 13.2. The maximum atomic E-state index is 13.5. The summed E-state index contributed by atoms with van der Waals surface area (Å²) in [6, 6.07) is 9.05. The monoisotopic (exact) mass is 299 g/mol. The Morgan fingerprint density at radius 3 is 3.00 bits per heavy atom. The quantitative estimate of drug-likeness (QED) is 0.625. The highest BCUT2D eigenvalue weighted by Gasteiger charge is 2.07. The fourth-order valence-electron chi connectivity index (χ4n) is 1.55. The van der Waals surface area contributed by atoms with Crippen LogP contribution in [0.3, 0.4) is 0 Å². The fourth-order valence-corrected chi connectivity index (χ4v) is 1.55. The molecule has 0 unspecified atom stereocenters. The molecule has 0 saturated carbocycles. The Morgan fingerprint density at radius 1 is 1.45 bits per heavy atom. The van der Waals surface area contributed by atoms with E-state index in [0.717, 1.165) is 11.8 Å². The molecular formula is C15H14FN5O. The molecule has 2 aromatic rings. The van der Waals surface area contributed by atoms with E-state index in [2.05, 4.69) is 15.0 Å². The van der Waals surface area contributed by atoms with E-state index in [0.29, 0.717) is 5.56 Å². The Bertz CT molecular complexity index is 724. The summed E-state index contributed by atoms with van der Waals surface area (Å²) in [6.45, 7) is 0.179. The number of aromatic nitrogens is 2. The summed E-state index contributed by atoms with van der Waals surface area (Å²) in [5.41, 5.74) is 1.34. The Morgan fingerprint density at radius 2 is 2.27 bits per heavy atom. The highest BCUT2D eigenvalue weighted by molar-refractivity contribution is 5.59. The lowest BCUT2D eigenvalue weighted by Crippen LogP contribution is -2.07. The largest absolute Gasteiger partial charge is 0.459 e. The van der Waals surface area contributed by atoms with Gasteiger partial charge in [-0.25, -0.2) is 14.4 Å². The van der Waals surface area contributed by atoms with Crippen LogP contribution in [0.1, 0.15) is 11.1 Å². The van der Waals surface area contributed by atoms with Gasteiger partial charge in [0.05, 0.1) is 24.2 Å². The van der Waals surface area contributed by atoms with Crippen molar-refractivity contribution in [1.82, 2.24) is 14.9 Å². The Hall–Kier alpha value is -3.01. The maximum Gasteiger partial charge on any atom is 0.318 e. The van der Waals surface area contributed by atoms with E-state index in [4.69, 9.17) is 10.00 Å². The normalized spacial score (nSPS) is 10.5. The molecule has 6 nitrogen and oxygen atoms in total. The van der Waals surface area contributed by atoms with E-state index in [1.54, 1.807) is 37.2 Å². The van der Waals surface area contributed by atoms with E-state index in [-0.39, 0.29) is 18.4 Å². The number of ether oxygens (including phenoxy) is 1. The van der Waals surface area contributed by atoms with Gasteiger partial charge in [-0.15, -0.1) is 0 Å². The van der Waals surface area contributed by atoms with Gasteiger partial charge in [0.15, 0.2) is 11.6 Å². The predicted octanol–water partition coefficient (Wildman–Crippen LogP) is 2.29. The number of nitrogens with zero attached hydrogens (tertiary/aromatic N) is 5. The Labute approximate surface area is 127 Å². The first-order valence-corrected chi connectivity index (χ1v) is 6.43. The number of hydrogen-bond donors (Lipinski definition) is 0. The number of aliphatic imine (C=N–C) groups is 1. The molecule has 0 saturated heterocycles.